The summed E-state index contributed by atoms with van der Waals surface area (Å²) in [6.07, 6.45) is 8.10. The molecule has 2 N–H and O–H groups in total. The lowest BCUT2D eigenvalue weighted by atomic mass is 9.45. The third kappa shape index (κ3) is 2.05. The Labute approximate surface area is 151 Å². The second kappa shape index (κ2) is 5.22. The molecule has 25 heavy (non-hydrogen) atoms. The summed E-state index contributed by atoms with van der Waals surface area (Å²) in [5.41, 5.74) is 2.27. The van der Waals surface area contributed by atoms with E-state index < -0.39 is 5.60 Å². The van der Waals surface area contributed by atoms with Crippen molar-refractivity contribution in [2.45, 2.75) is 78.2 Å². The largest absolute Gasteiger partial charge is 0.515 e. The molecule has 0 amide bonds. The molecule has 3 saturated carbocycles. The molecule has 3 heteroatoms. The summed E-state index contributed by atoms with van der Waals surface area (Å²) in [7, 11) is 0. The molecular formula is C22H32O3. The maximum atomic E-state index is 12.5. The number of carbonyl (C=O) groups excluding carboxylic acids is 1. The molecule has 3 nitrogen and oxygen atoms in total. The first kappa shape index (κ1) is 17.3. The number of aliphatic hydroxyl groups excluding tert-OH is 1. The highest BCUT2D eigenvalue weighted by atomic mass is 16.3. The van der Waals surface area contributed by atoms with Gasteiger partial charge in [-0.2, -0.15) is 0 Å². The van der Waals surface area contributed by atoms with Crippen LogP contribution < -0.4 is 0 Å². The number of aliphatic hydroxyl groups is 2. The third-order valence-corrected chi connectivity index (χ3v) is 9.03. The molecule has 4 aliphatic rings. The zero-order valence-corrected chi connectivity index (χ0v) is 16.1. The summed E-state index contributed by atoms with van der Waals surface area (Å²) in [5.74, 6) is 1.81. The monoisotopic (exact) mass is 344 g/mol. The van der Waals surface area contributed by atoms with Gasteiger partial charge in [0, 0.05) is 5.57 Å². The molecule has 0 saturated heterocycles. The Bertz CT molecular complexity index is 685. The van der Waals surface area contributed by atoms with Crippen LogP contribution in [0.3, 0.4) is 0 Å². The van der Waals surface area contributed by atoms with E-state index in [1.165, 1.54) is 5.57 Å². The predicted molar refractivity (Wildman–Crippen MR) is 98.0 cm³/mol. The van der Waals surface area contributed by atoms with Gasteiger partial charge in [0.25, 0.3) is 0 Å². The van der Waals surface area contributed by atoms with Crippen LogP contribution in [0.25, 0.3) is 0 Å². The fourth-order valence-electron chi connectivity index (χ4n) is 7.36. The van der Waals surface area contributed by atoms with Gasteiger partial charge in [0.05, 0.1) is 11.9 Å². The fraction of sp³-hybridized carbons (Fsp3) is 0.773. The molecule has 1 unspecified atom stereocenters. The van der Waals surface area contributed by atoms with Gasteiger partial charge in [0.15, 0.2) is 5.78 Å². The van der Waals surface area contributed by atoms with Gasteiger partial charge in [-0.25, -0.2) is 0 Å². The average Bonchev–Trinajstić information content (AvgIpc) is 2.81. The van der Waals surface area contributed by atoms with Crippen molar-refractivity contribution in [3.63, 3.8) is 0 Å². The van der Waals surface area contributed by atoms with Crippen molar-refractivity contribution in [3.8, 4) is 0 Å². The number of hydrogen-bond donors (Lipinski definition) is 2. The third-order valence-electron chi connectivity index (χ3n) is 9.03. The highest BCUT2D eigenvalue weighted by Gasteiger charge is 2.62. The van der Waals surface area contributed by atoms with Crippen LogP contribution in [0.5, 0.6) is 0 Å². The van der Waals surface area contributed by atoms with Gasteiger partial charge >= 0.3 is 0 Å². The summed E-state index contributed by atoms with van der Waals surface area (Å²) in [6.45, 7) is 8.63. The van der Waals surface area contributed by atoms with Gasteiger partial charge in [0.1, 0.15) is 0 Å². The van der Waals surface area contributed by atoms with Crippen molar-refractivity contribution in [1.82, 2.24) is 0 Å². The average molecular weight is 344 g/mol. The summed E-state index contributed by atoms with van der Waals surface area (Å²) < 4.78 is 0. The lowest BCUT2D eigenvalue weighted by molar-refractivity contribution is -0.121. The highest BCUT2D eigenvalue weighted by Crippen LogP contribution is 2.68. The Morgan fingerprint density at radius 3 is 2.44 bits per heavy atom. The van der Waals surface area contributed by atoms with Crippen LogP contribution >= 0.6 is 0 Å². The van der Waals surface area contributed by atoms with Crippen molar-refractivity contribution < 1.29 is 15.0 Å². The van der Waals surface area contributed by atoms with Crippen LogP contribution in [-0.2, 0) is 4.79 Å². The first-order valence-electron chi connectivity index (χ1n) is 9.96. The number of fused-ring (bicyclic) bond motifs is 5. The fourth-order valence-corrected chi connectivity index (χ4v) is 7.36. The maximum Gasteiger partial charge on any atom is 0.187 e. The van der Waals surface area contributed by atoms with Crippen LogP contribution in [0, 0.1) is 28.6 Å². The van der Waals surface area contributed by atoms with Crippen molar-refractivity contribution in [3.05, 3.63) is 23.0 Å². The Kier molecular flexibility index (Phi) is 3.62. The topological polar surface area (TPSA) is 57.5 Å². The van der Waals surface area contributed by atoms with E-state index in [4.69, 9.17) is 0 Å². The lowest BCUT2D eigenvalue weighted by Gasteiger charge is -2.59. The predicted octanol–water partition coefficient (Wildman–Crippen LogP) is 4.71. The van der Waals surface area contributed by atoms with Crippen LogP contribution in [0.2, 0.25) is 0 Å². The lowest BCUT2D eigenvalue weighted by Crippen LogP contribution is -2.54. The molecular weight excluding hydrogens is 312 g/mol. The van der Waals surface area contributed by atoms with E-state index in [1.807, 2.05) is 13.8 Å². The normalized spacial score (nSPS) is 51.3. The van der Waals surface area contributed by atoms with Crippen LogP contribution in [0.4, 0.5) is 0 Å². The maximum absolute atomic E-state index is 12.5. The van der Waals surface area contributed by atoms with E-state index >= 15 is 0 Å². The molecule has 0 radical (unpaired) electrons. The van der Waals surface area contributed by atoms with Crippen molar-refractivity contribution >= 4 is 5.78 Å². The van der Waals surface area contributed by atoms with Gasteiger partial charge < -0.3 is 10.2 Å². The van der Waals surface area contributed by atoms with Gasteiger partial charge in [0.2, 0.25) is 0 Å². The van der Waals surface area contributed by atoms with E-state index in [2.05, 4.69) is 13.8 Å². The van der Waals surface area contributed by atoms with Crippen LogP contribution in [-0.4, -0.2) is 21.6 Å². The number of ketones is 1. The number of hydrogen-bond acceptors (Lipinski definition) is 3. The molecule has 6 atom stereocenters. The van der Waals surface area contributed by atoms with E-state index in [1.54, 1.807) is 0 Å². The summed E-state index contributed by atoms with van der Waals surface area (Å²) >= 11 is 0. The second-order valence-electron chi connectivity index (χ2n) is 9.87. The van der Waals surface area contributed by atoms with E-state index in [9.17, 15) is 15.0 Å². The number of Topliss-reactive ketones (excluding diaryl/α,β-unsaturated/α-hetero) is 1. The van der Waals surface area contributed by atoms with Gasteiger partial charge in [-0.1, -0.05) is 19.4 Å². The minimum Gasteiger partial charge on any atom is -0.515 e. The quantitative estimate of drug-likeness (QED) is 0.494. The second-order valence-corrected chi connectivity index (χ2v) is 9.87. The Morgan fingerprint density at radius 2 is 1.76 bits per heavy atom. The van der Waals surface area contributed by atoms with Crippen molar-refractivity contribution in [2.24, 2.45) is 28.6 Å². The highest BCUT2D eigenvalue weighted by molar-refractivity contribution is 6.09. The zero-order chi connectivity index (χ0) is 18.2. The molecule has 4 rings (SSSR count). The standard InChI is InChI=1S/C22H32O3/c1-13-16-6-5-15-17(20(16,2)11-14(12-23)19(13)24)7-9-21(3)18(15)8-10-22(21,4)25/h12,15,17-18,23,25H,5-11H2,1-4H3/t15-,17-,18+,20+,21+,22?/m1/s1. The van der Waals surface area contributed by atoms with Crippen LogP contribution in [0.1, 0.15) is 72.6 Å². The molecule has 4 aliphatic carbocycles. The smallest absolute Gasteiger partial charge is 0.187 e. The molecule has 0 aliphatic heterocycles. The molecule has 0 aromatic rings. The first-order valence-corrected chi connectivity index (χ1v) is 9.96. The minimum absolute atomic E-state index is 0.00868. The Balaban J connectivity index is 1.75. The molecule has 0 bridgehead atoms. The Morgan fingerprint density at radius 1 is 1.08 bits per heavy atom. The van der Waals surface area contributed by atoms with Gasteiger partial charge in [-0.05, 0) is 93.0 Å². The van der Waals surface area contributed by atoms with Gasteiger partial charge in [-0.3, -0.25) is 4.79 Å². The number of allylic oxidation sites excluding steroid dienone is 2. The minimum atomic E-state index is -0.547. The van der Waals surface area contributed by atoms with Crippen molar-refractivity contribution in [1.29, 1.82) is 0 Å². The molecule has 0 heterocycles. The SMILES string of the molecule is CC1=C2CC[C@@H]3[C@@H](CC[C@@]4(C)[C@H]3CCC4(C)O)[C@@]2(C)CC(=CO)C1=O. The summed E-state index contributed by atoms with van der Waals surface area (Å²) in [5, 5.41) is 20.6. The zero-order valence-electron chi connectivity index (χ0n) is 16.1. The number of carbonyl (C=O) groups is 1. The Hall–Kier alpha value is -1.09. The van der Waals surface area contributed by atoms with Gasteiger partial charge in [-0.15, -0.1) is 0 Å². The van der Waals surface area contributed by atoms with E-state index in [0.29, 0.717) is 29.7 Å². The van der Waals surface area contributed by atoms with Crippen molar-refractivity contribution in [2.75, 3.05) is 0 Å². The molecule has 3 fully saturated rings. The van der Waals surface area contributed by atoms with Crippen LogP contribution in [0.15, 0.2) is 23.0 Å². The van der Waals surface area contributed by atoms with E-state index in [0.717, 1.165) is 50.4 Å². The molecule has 0 aromatic carbocycles. The molecule has 138 valence electrons. The number of rotatable bonds is 0. The van der Waals surface area contributed by atoms with E-state index in [-0.39, 0.29) is 16.6 Å². The first-order chi connectivity index (χ1) is 11.7. The molecule has 0 spiro atoms. The summed E-state index contributed by atoms with van der Waals surface area (Å²) in [4.78, 5) is 12.5. The summed E-state index contributed by atoms with van der Waals surface area (Å²) in [6, 6.07) is 0. The molecule has 0 aromatic heterocycles.